The number of benzene rings is 1. The number of hydrogen-bond donors (Lipinski definition) is 2. The van der Waals surface area contributed by atoms with Crippen LogP contribution in [0.2, 0.25) is 0 Å². The molecule has 0 bridgehead atoms. The first-order valence-electron chi connectivity index (χ1n) is 7.65. The van der Waals surface area contributed by atoms with E-state index in [2.05, 4.69) is 5.32 Å². The fourth-order valence-corrected chi connectivity index (χ4v) is 2.24. The van der Waals surface area contributed by atoms with E-state index >= 15 is 0 Å². The third-order valence-electron chi connectivity index (χ3n) is 3.43. The standard InChI is InChI=1S/C16H20N2O7/c1-3-25-14(20)7-10(2)15(16(21)22)17-13(19)9-11-5-4-6-12(8-11)18(23)24/h4-6,8,10,15H,3,7,9H2,1-2H3,(H,17,19)(H,21,22)/t10-,15+/m0/s1. The number of nitrogens with zero attached hydrogens (tertiary/aromatic N) is 1. The van der Waals surface area contributed by atoms with Crippen LogP contribution in [0, 0.1) is 16.0 Å². The Morgan fingerprint density at radius 3 is 2.60 bits per heavy atom. The smallest absolute Gasteiger partial charge is 0.326 e. The normalized spacial score (nSPS) is 12.7. The van der Waals surface area contributed by atoms with E-state index in [0.29, 0.717) is 5.56 Å². The van der Waals surface area contributed by atoms with Gasteiger partial charge in [0.1, 0.15) is 6.04 Å². The molecule has 0 saturated heterocycles. The number of carboxylic acids is 1. The van der Waals surface area contributed by atoms with E-state index in [0.717, 1.165) is 0 Å². The third kappa shape index (κ3) is 6.58. The number of carbonyl (C=O) groups excluding carboxylic acids is 2. The molecule has 0 spiro atoms. The van der Waals surface area contributed by atoms with Gasteiger partial charge in [-0.15, -0.1) is 0 Å². The van der Waals surface area contributed by atoms with E-state index in [4.69, 9.17) is 4.74 Å². The molecule has 0 saturated carbocycles. The van der Waals surface area contributed by atoms with Gasteiger partial charge >= 0.3 is 11.9 Å². The van der Waals surface area contributed by atoms with Gasteiger partial charge < -0.3 is 15.2 Å². The van der Waals surface area contributed by atoms with Crippen molar-refractivity contribution in [2.45, 2.75) is 32.7 Å². The number of esters is 1. The van der Waals surface area contributed by atoms with Gasteiger partial charge in [-0.05, 0) is 18.4 Å². The minimum Gasteiger partial charge on any atom is -0.480 e. The van der Waals surface area contributed by atoms with Crippen molar-refractivity contribution in [2.24, 2.45) is 5.92 Å². The summed E-state index contributed by atoms with van der Waals surface area (Å²) in [4.78, 5) is 45.0. The van der Waals surface area contributed by atoms with Gasteiger partial charge in [-0.3, -0.25) is 19.7 Å². The number of non-ortho nitro benzene ring substituents is 1. The van der Waals surface area contributed by atoms with Crippen LogP contribution in [0.15, 0.2) is 24.3 Å². The van der Waals surface area contributed by atoms with Crippen molar-refractivity contribution >= 4 is 23.5 Å². The number of amides is 1. The summed E-state index contributed by atoms with van der Waals surface area (Å²) in [6.45, 7) is 3.34. The second-order valence-electron chi connectivity index (χ2n) is 5.47. The van der Waals surface area contributed by atoms with Crippen LogP contribution in [0.4, 0.5) is 5.69 Å². The number of nitro benzene ring substituents is 1. The molecule has 9 nitrogen and oxygen atoms in total. The summed E-state index contributed by atoms with van der Waals surface area (Å²) in [5.41, 5.74) is 0.227. The van der Waals surface area contributed by atoms with Crippen LogP contribution in [-0.4, -0.2) is 40.5 Å². The highest BCUT2D eigenvalue weighted by Gasteiger charge is 2.28. The molecule has 0 heterocycles. The lowest BCUT2D eigenvalue weighted by Gasteiger charge is -2.20. The lowest BCUT2D eigenvalue weighted by Crippen LogP contribution is -2.46. The zero-order valence-electron chi connectivity index (χ0n) is 13.9. The number of nitro groups is 1. The van der Waals surface area contributed by atoms with Crippen LogP contribution in [0.25, 0.3) is 0 Å². The number of carboxylic acid groups (broad SMARTS) is 1. The second-order valence-corrected chi connectivity index (χ2v) is 5.47. The average molecular weight is 352 g/mol. The number of carbonyl (C=O) groups is 3. The molecule has 0 unspecified atom stereocenters. The topological polar surface area (TPSA) is 136 Å². The summed E-state index contributed by atoms with van der Waals surface area (Å²) in [7, 11) is 0. The van der Waals surface area contributed by atoms with Crippen molar-refractivity contribution in [2.75, 3.05) is 6.61 Å². The lowest BCUT2D eigenvalue weighted by atomic mass is 9.98. The van der Waals surface area contributed by atoms with Gasteiger partial charge in [0, 0.05) is 12.1 Å². The molecular formula is C16H20N2O7. The summed E-state index contributed by atoms with van der Waals surface area (Å²) in [5.74, 6) is -3.10. The second kappa shape index (κ2) is 9.36. The number of nitrogens with one attached hydrogen (secondary N) is 1. The van der Waals surface area contributed by atoms with Gasteiger partial charge in [-0.25, -0.2) is 4.79 Å². The fraction of sp³-hybridized carbons (Fsp3) is 0.438. The molecule has 25 heavy (non-hydrogen) atoms. The van der Waals surface area contributed by atoms with Crippen LogP contribution in [0.5, 0.6) is 0 Å². The predicted octanol–water partition coefficient (Wildman–Crippen LogP) is 1.30. The highest BCUT2D eigenvalue weighted by atomic mass is 16.6. The van der Waals surface area contributed by atoms with Gasteiger partial charge in [0.15, 0.2) is 0 Å². The first kappa shape index (κ1) is 20.1. The molecule has 0 fully saturated rings. The number of ether oxygens (including phenoxy) is 1. The maximum absolute atomic E-state index is 12.1. The van der Waals surface area contributed by atoms with E-state index in [1.807, 2.05) is 0 Å². The molecule has 2 N–H and O–H groups in total. The minimum atomic E-state index is -1.27. The Balaban J connectivity index is 2.73. The predicted molar refractivity (Wildman–Crippen MR) is 86.8 cm³/mol. The van der Waals surface area contributed by atoms with E-state index in [-0.39, 0.29) is 25.1 Å². The molecule has 2 atom stereocenters. The summed E-state index contributed by atoms with van der Waals surface area (Å²) < 4.78 is 4.77. The molecular weight excluding hydrogens is 332 g/mol. The van der Waals surface area contributed by atoms with Gasteiger partial charge in [0.05, 0.1) is 24.4 Å². The number of aliphatic carboxylic acids is 1. The van der Waals surface area contributed by atoms with Crippen LogP contribution in [-0.2, 0) is 25.5 Å². The monoisotopic (exact) mass is 352 g/mol. The Kier molecular flexibility index (Phi) is 7.51. The molecule has 0 aliphatic carbocycles. The van der Waals surface area contributed by atoms with E-state index < -0.39 is 34.7 Å². The molecule has 136 valence electrons. The van der Waals surface area contributed by atoms with Crippen LogP contribution >= 0.6 is 0 Å². The maximum atomic E-state index is 12.1. The van der Waals surface area contributed by atoms with Crippen molar-refractivity contribution in [3.8, 4) is 0 Å². The lowest BCUT2D eigenvalue weighted by molar-refractivity contribution is -0.384. The Hall–Kier alpha value is -2.97. The molecule has 0 aliphatic heterocycles. The summed E-state index contributed by atoms with van der Waals surface area (Å²) in [6, 6.07) is 4.25. The molecule has 1 rings (SSSR count). The van der Waals surface area contributed by atoms with Crippen LogP contribution in [0.1, 0.15) is 25.8 Å². The molecule has 1 amide bonds. The molecule has 0 aromatic heterocycles. The van der Waals surface area contributed by atoms with Gasteiger partial charge in [0.2, 0.25) is 5.91 Å². The van der Waals surface area contributed by atoms with Crippen molar-refractivity contribution in [3.63, 3.8) is 0 Å². The Morgan fingerprint density at radius 2 is 2.04 bits per heavy atom. The summed E-state index contributed by atoms with van der Waals surface area (Å²) >= 11 is 0. The zero-order valence-corrected chi connectivity index (χ0v) is 13.9. The first-order valence-corrected chi connectivity index (χ1v) is 7.65. The fourth-order valence-electron chi connectivity index (χ4n) is 2.24. The van der Waals surface area contributed by atoms with Crippen molar-refractivity contribution in [3.05, 3.63) is 39.9 Å². The van der Waals surface area contributed by atoms with Gasteiger partial charge in [-0.2, -0.15) is 0 Å². The molecule has 1 aromatic rings. The first-order chi connectivity index (χ1) is 11.7. The Labute approximate surface area is 144 Å². The minimum absolute atomic E-state index is 0.151. The van der Waals surface area contributed by atoms with Gasteiger partial charge in [0.25, 0.3) is 5.69 Å². The molecule has 0 aliphatic rings. The Bertz CT molecular complexity index is 660. The van der Waals surface area contributed by atoms with Crippen LogP contribution < -0.4 is 5.32 Å². The summed E-state index contributed by atoms with van der Waals surface area (Å²) in [6.07, 6.45) is -0.362. The highest BCUT2D eigenvalue weighted by Crippen LogP contribution is 2.14. The van der Waals surface area contributed by atoms with Crippen molar-refractivity contribution in [1.29, 1.82) is 0 Å². The number of rotatable bonds is 9. The average Bonchev–Trinajstić information content (AvgIpc) is 2.52. The van der Waals surface area contributed by atoms with E-state index in [1.165, 1.54) is 31.2 Å². The van der Waals surface area contributed by atoms with Crippen molar-refractivity contribution < 1.29 is 29.2 Å². The molecule has 1 aromatic carbocycles. The Morgan fingerprint density at radius 1 is 1.36 bits per heavy atom. The number of hydrogen-bond acceptors (Lipinski definition) is 6. The molecule has 0 radical (unpaired) electrons. The SMILES string of the molecule is CCOC(=O)C[C@H](C)[C@@H](NC(=O)Cc1cccc([N+](=O)[O-])c1)C(=O)O. The zero-order chi connectivity index (χ0) is 19.0. The van der Waals surface area contributed by atoms with Crippen LogP contribution in [0.3, 0.4) is 0 Å². The van der Waals surface area contributed by atoms with Crippen molar-refractivity contribution in [1.82, 2.24) is 5.32 Å². The molecule has 9 heteroatoms. The third-order valence-corrected chi connectivity index (χ3v) is 3.43. The maximum Gasteiger partial charge on any atom is 0.326 e. The largest absolute Gasteiger partial charge is 0.480 e. The highest BCUT2D eigenvalue weighted by molar-refractivity contribution is 5.85. The van der Waals surface area contributed by atoms with E-state index in [9.17, 15) is 29.6 Å². The quantitative estimate of drug-likeness (QED) is 0.388. The summed E-state index contributed by atoms with van der Waals surface area (Å²) in [5, 5.41) is 22.3. The van der Waals surface area contributed by atoms with E-state index in [1.54, 1.807) is 6.92 Å². The van der Waals surface area contributed by atoms with Gasteiger partial charge in [-0.1, -0.05) is 19.1 Å².